The van der Waals surface area contributed by atoms with Crippen LogP contribution in [-0.2, 0) is 11.3 Å². The van der Waals surface area contributed by atoms with Gasteiger partial charge in [0.1, 0.15) is 11.5 Å². The highest BCUT2D eigenvalue weighted by Crippen LogP contribution is 2.29. The van der Waals surface area contributed by atoms with Crippen molar-refractivity contribution < 1.29 is 14.2 Å². The van der Waals surface area contributed by atoms with E-state index in [4.69, 9.17) is 14.2 Å². The van der Waals surface area contributed by atoms with Crippen LogP contribution in [0.1, 0.15) is 22.3 Å². The minimum atomic E-state index is 0.200. The number of morpholine rings is 1. The molecule has 0 aliphatic carbocycles. The number of hydrogen-bond donors (Lipinski definition) is 0. The SMILES string of the molecule is COc1cc(CN2CCOC[C@@H]2c2csc(C)n2)cc(OC)c1. The fourth-order valence-corrected chi connectivity index (χ4v) is 3.48. The van der Waals surface area contributed by atoms with Gasteiger partial charge in [-0.2, -0.15) is 0 Å². The van der Waals surface area contributed by atoms with Crippen LogP contribution in [0.25, 0.3) is 0 Å². The first-order valence-corrected chi connectivity index (χ1v) is 8.53. The van der Waals surface area contributed by atoms with E-state index in [2.05, 4.69) is 27.4 Å². The topological polar surface area (TPSA) is 43.8 Å². The lowest BCUT2D eigenvalue weighted by Gasteiger charge is -2.34. The Bertz CT molecular complexity index is 637. The van der Waals surface area contributed by atoms with Crippen LogP contribution in [0, 0.1) is 6.92 Å². The second-order valence-corrected chi connectivity index (χ2v) is 6.64. The molecule has 0 radical (unpaired) electrons. The monoisotopic (exact) mass is 334 g/mol. The zero-order chi connectivity index (χ0) is 16.2. The minimum Gasteiger partial charge on any atom is -0.497 e. The van der Waals surface area contributed by atoms with Crippen molar-refractivity contribution in [3.8, 4) is 11.5 Å². The second kappa shape index (κ2) is 7.29. The van der Waals surface area contributed by atoms with Crippen molar-refractivity contribution in [2.24, 2.45) is 0 Å². The summed E-state index contributed by atoms with van der Waals surface area (Å²) in [6.45, 7) is 5.18. The van der Waals surface area contributed by atoms with E-state index in [9.17, 15) is 0 Å². The Hall–Kier alpha value is -1.63. The maximum absolute atomic E-state index is 5.68. The van der Waals surface area contributed by atoms with Crippen LogP contribution in [0.3, 0.4) is 0 Å². The van der Waals surface area contributed by atoms with Gasteiger partial charge in [-0.1, -0.05) is 0 Å². The number of hydrogen-bond acceptors (Lipinski definition) is 6. The molecule has 1 fully saturated rings. The van der Waals surface area contributed by atoms with Gasteiger partial charge in [0.15, 0.2) is 0 Å². The highest BCUT2D eigenvalue weighted by molar-refractivity contribution is 7.09. The first-order chi connectivity index (χ1) is 11.2. The summed E-state index contributed by atoms with van der Waals surface area (Å²) in [6, 6.07) is 6.21. The standard InChI is InChI=1S/C17H22N2O3S/c1-12-18-16(11-23-12)17-10-22-5-4-19(17)9-13-6-14(20-2)8-15(7-13)21-3/h6-8,11,17H,4-5,9-10H2,1-3H3/t17-/m1/s1. The lowest BCUT2D eigenvalue weighted by Crippen LogP contribution is -2.39. The Balaban J connectivity index is 1.82. The van der Waals surface area contributed by atoms with Crippen LogP contribution in [0.2, 0.25) is 0 Å². The second-order valence-electron chi connectivity index (χ2n) is 5.57. The summed E-state index contributed by atoms with van der Waals surface area (Å²) in [5, 5.41) is 3.22. The highest BCUT2D eigenvalue weighted by Gasteiger charge is 2.26. The molecular formula is C17H22N2O3S. The van der Waals surface area contributed by atoms with Crippen molar-refractivity contribution in [2.45, 2.75) is 19.5 Å². The number of benzene rings is 1. The molecule has 1 atom stereocenters. The largest absolute Gasteiger partial charge is 0.497 e. The fraction of sp³-hybridized carbons (Fsp3) is 0.471. The van der Waals surface area contributed by atoms with E-state index in [1.54, 1.807) is 25.6 Å². The number of aromatic nitrogens is 1. The zero-order valence-corrected chi connectivity index (χ0v) is 14.6. The van der Waals surface area contributed by atoms with E-state index >= 15 is 0 Å². The molecule has 23 heavy (non-hydrogen) atoms. The number of thiazole rings is 1. The molecule has 0 amide bonds. The third-order valence-corrected chi connectivity index (χ3v) is 4.81. The van der Waals surface area contributed by atoms with Crippen LogP contribution in [0.5, 0.6) is 11.5 Å². The Morgan fingerprint density at radius 1 is 1.26 bits per heavy atom. The highest BCUT2D eigenvalue weighted by atomic mass is 32.1. The van der Waals surface area contributed by atoms with E-state index in [1.807, 2.05) is 13.0 Å². The van der Waals surface area contributed by atoms with E-state index in [0.29, 0.717) is 6.61 Å². The quantitative estimate of drug-likeness (QED) is 0.841. The molecule has 2 heterocycles. The molecule has 1 saturated heterocycles. The van der Waals surface area contributed by atoms with Gasteiger partial charge < -0.3 is 14.2 Å². The molecule has 1 aliphatic rings. The lowest BCUT2D eigenvalue weighted by molar-refractivity contribution is -0.0141. The molecule has 2 aromatic rings. The third-order valence-electron chi connectivity index (χ3n) is 4.01. The van der Waals surface area contributed by atoms with Crippen molar-refractivity contribution in [2.75, 3.05) is 34.0 Å². The molecule has 0 saturated carbocycles. The molecule has 1 aromatic heterocycles. The summed E-state index contributed by atoms with van der Waals surface area (Å²) in [5.41, 5.74) is 2.27. The molecule has 124 valence electrons. The summed E-state index contributed by atoms with van der Waals surface area (Å²) in [4.78, 5) is 7.05. The third kappa shape index (κ3) is 3.83. The van der Waals surface area contributed by atoms with Gasteiger partial charge in [-0.25, -0.2) is 4.98 Å². The number of rotatable bonds is 5. The summed E-state index contributed by atoms with van der Waals surface area (Å²) in [5.74, 6) is 1.63. The van der Waals surface area contributed by atoms with E-state index in [-0.39, 0.29) is 6.04 Å². The van der Waals surface area contributed by atoms with Gasteiger partial charge >= 0.3 is 0 Å². The fourth-order valence-electron chi connectivity index (χ4n) is 2.83. The van der Waals surface area contributed by atoms with Gasteiger partial charge in [0.2, 0.25) is 0 Å². The number of methoxy groups -OCH3 is 2. The van der Waals surface area contributed by atoms with Gasteiger partial charge in [-0.05, 0) is 24.6 Å². The van der Waals surface area contributed by atoms with Crippen molar-refractivity contribution >= 4 is 11.3 Å². The van der Waals surface area contributed by atoms with Crippen molar-refractivity contribution in [3.63, 3.8) is 0 Å². The van der Waals surface area contributed by atoms with Gasteiger partial charge in [-0.3, -0.25) is 4.90 Å². The van der Waals surface area contributed by atoms with E-state index in [0.717, 1.165) is 41.9 Å². The Morgan fingerprint density at radius 2 is 2.00 bits per heavy atom. The molecule has 0 spiro atoms. The lowest BCUT2D eigenvalue weighted by atomic mass is 10.1. The van der Waals surface area contributed by atoms with Gasteiger partial charge in [0, 0.05) is 24.5 Å². The molecule has 0 N–H and O–H groups in total. The summed E-state index contributed by atoms with van der Waals surface area (Å²) >= 11 is 1.69. The first kappa shape index (κ1) is 16.2. The molecule has 1 aliphatic heterocycles. The Kier molecular flexibility index (Phi) is 5.15. The molecule has 3 rings (SSSR count). The maximum atomic E-state index is 5.68. The van der Waals surface area contributed by atoms with Gasteiger partial charge in [0.25, 0.3) is 0 Å². The minimum absolute atomic E-state index is 0.200. The predicted octanol–water partition coefficient (Wildman–Crippen LogP) is 3.04. The predicted molar refractivity (Wildman–Crippen MR) is 90.4 cm³/mol. The van der Waals surface area contributed by atoms with Crippen LogP contribution in [-0.4, -0.2) is 43.9 Å². The van der Waals surface area contributed by atoms with Crippen LogP contribution in [0.4, 0.5) is 0 Å². The van der Waals surface area contributed by atoms with Crippen molar-refractivity contribution in [1.82, 2.24) is 9.88 Å². The smallest absolute Gasteiger partial charge is 0.122 e. The Morgan fingerprint density at radius 3 is 2.61 bits per heavy atom. The molecule has 5 nitrogen and oxygen atoms in total. The molecule has 1 aromatic carbocycles. The molecular weight excluding hydrogens is 312 g/mol. The normalized spacial score (nSPS) is 18.8. The van der Waals surface area contributed by atoms with Crippen molar-refractivity contribution in [1.29, 1.82) is 0 Å². The number of aryl methyl sites for hydroxylation is 1. The van der Waals surface area contributed by atoms with Crippen molar-refractivity contribution in [3.05, 3.63) is 39.8 Å². The number of nitrogens with zero attached hydrogens (tertiary/aromatic N) is 2. The van der Waals surface area contributed by atoms with E-state index < -0.39 is 0 Å². The average Bonchev–Trinajstić information content (AvgIpc) is 3.01. The van der Waals surface area contributed by atoms with Crippen LogP contribution in [0.15, 0.2) is 23.6 Å². The maximum Gasteiger partial charge on any atom is 0.122 e. The average molecular weight is 334 g/mol. The molecule has 0 unspecified atom stereocenters. The molecule has 6 heteroatoms. The zero-order valence-electron chi connectivity index (χ0n) is 13.7. The summed E-state index contributed by atoms with van der Waals surface area (Å²) < 4.78 is 16.4. The number of ether oxygens (including phenoxy) is 3. The first-order valence-electron chi connectivity index (χ1n) is 7.65. The van der Waals surface area contributed by atoms with Gasteiger partial charge in [0.05, 0.1) is 44.2 Å². The molecule has 0 bridgehead atoms. The van der Waals surface area contributed by atoms with Crippen LogP contribution >= 0.6 is 11.3 Å². The van der Waals surface area contributed by atoms with Crippen LogP contribution < -0.4 is 9.47 Å². The summed E-state index contributed by atoms with van der Waals surface area (Å²) in [7, 11) is 3.35. The Labute approximate surface area is 140 Å². The van der Waals surface area contributed by atoms with E-state index in [1.165, 1.54) is 5.56 Å². The summed E-state index contributed by atoms with van der Waals surface area (Å²) in [6.07, 6.45) is 0. The van der Waals surface area contributed by atoms with Gasteiger partial charge in [-0.15, -0.1) is 11.3 Å².